The summed E-state index contributed by atoms with van der Waals surface area (Å²) in [5, 5.41) is 9.15. The van der Waals surface area contributed by atoms with Gasteiger partial charge in [0, 0.05) is 18.3 Å². The molecule has 7 heteroatoms. The first-order valence-corrected chi connectivity index (χ1v) is 6.60. The van der Waals surface area contributed by atoms with Crippen molar-refractivity contribution in [3.8, 4) is 17.8 Å². The highest BCUT2D eigenvalue weighted by Crippen LogP contribution is 2.23. The lowest BCUT2D eigenvalue weighted by Gasteiger charge is -2.11. The van der Waals surface area contributed by atoms with E-state index in [1.807, 2.05) is 6.07 Å². The molecule has 106 valence electrons. The number of nitriles is 1. The van der Waals surface area contributed by atoms with Crippen molar-refractivity contribution in [3.63, 3.8) is 0 Å². The van der Waals surface area contributed by atoms with E-state index in [4.69, 9.17) is 26.3 Å². The maximum absolute atomic E-state index is 11.1. The molecule has 1 aliphatic rings. The summed E-state index contributed by atoms with van der Waals surface area (Å²) in [4.78, 5) is 14.9. The van der Waals surface area contributed by atoms with Crippen molar-refractivity contribution < 1.29 is 9.47 Å². The molecule has 3 rings (SSSR count). The molecule has 0 radical (unpaired) electrons. The second-order valence-corrected chi connectivity index (χ2v) is 4.91. The lowest BCUT2D eigenvalue weighted by molar-refractivity contribution is 0.143. The quantitative estimate of drug-likeness (QED) is 0.861. The van der Waals surface area contributed by atoms with Crippen LogP contribution in [0.5, 0.6) is 11.8 Å². The van der Waals surface area contributed by atoms with Gasteiger partial charge in [-0.2, -0.15) is 10.2 Å². The summed E-state index contributed by atoms with van der Waals surface area (Å²) in [6.45, 7) is 0.854. The predicted octanol–water partition coefficient (Wildman–Crippen LogP) is 1.61. The van der Waals surface area contributed by atoms with E-state index < -0.39 is 0 Å². The van der Waals surface area contributed by atoms with Crippen LogP contribution in [0.15, 0.2) is 35.3 Å². The second-order valence-electron chi connectivity index (χ2n) is 4.51. The van der Waals surface area contributed by atoms with Crippen LogP contribution in [0.3, 0.4) is 0 Å². The van der Waals surface area contributed by atoms with Gasteiger partial charge in [-0.25, -0.2) is 0 Å². The molecule has 0 amide bonds. The highest BCUT2D eigenvalue weighted by Gasteiger charge is 2.23. The molecule has 1 unspecified atom stereocenters. The topological polar surface area (TPSA) is 77.1 Å². The van der Waals surface area contributed by atoms with Crippen molar-refractivity contribution in [2.24, 2.45) is 0 Å². The van der Waals surface area contributed by atoms with Crippen molar-refractivity contribution in [1.29, 1.82) is 5.26 Å². The Bertz CT molecular complexity index is 782. The van der Waals surface area contributed by atoms with Gasteiger partial charge < -0.3 is 9.47 Å². The van der Waals surface area contributed by atoms with Gasteiger partial charge in [-0.05, 0) is 12.1 Å². The largest absolute Gasteiger partial charge is 0.490 e. The highest BCUT2D eigenvalue weighted by molar-refractivity contribution is 6.31. The Morgan fingerprint density at radius 1 is 1.52 bits per heavy atom. The molecular formula is C14H10ClN3O3. The van der Waals surface area contributed by atoms with Crippen LogP contribution in [0.2, 0.25) is 5.02 Å². The Labute approximate surface area is 125 Å². The zero-order valence-corrected chi connectivity index (χ0v) is 11.6. The summed E-state index contributed by atoms with van der Waals surface area (Å²) >= 11 is 5.93. The third kappa shape index (κ3) is 2.83. The number of fused-ring (bicyclic) bond motifs is 1. The van der Waals surface area contributed by atoms with Crippen LogP contribution in [0.25, 0.3) is 0 Å². The summed E-state index contributed by atoms with van der Waals surface area (Å²) < 4.78 is 12.9. The van der Waals surface area contributed by atoms with Gasteiger partial charge >= 0.3 is 0 Å². The van der Waals surface area contributed by atoms with E-state index in [1.165, 1.54) is 6.07 Å². The van der Waals surface area contributed by atoms with E-state index in [0.717, 1.165) is 0 Å². The van der Waals surface area contributed by atoms with Gasteiger partial charge in [0.2, 0.25) is 0 Å². The minimum Gasteiger partial charge on any atom is -0.490 e. The molecule has 0 spiro atoms. The van der Waals surface area contributed by atoms with Crippen molar-refractivity contribution in [3.05, 3.63) is 51.4 Å². The second kappa shape index (κ2) is 5.46. The van der Waals surface area contributed by atoms with Gasteiger partial charge in [-0.3, -0.25) is 9.36 Å². The number of aromatic nitrogens is 2. The van der Waals surface area contributed by atoms with Crippen LogP contribution in [0.4, 0.5) is 0 Å². The minimum absolute atomic E-state index is 0.228. The molecule has 0 saturated carbocycles. The molecule has 1 atom stereocenters. The van der Waals surface area contributed by atoms with Crippen LogP contribution < -0.4 is 15.0 Å². The molecule has 0 N–H and O–H groups in total. The first-order valence-electron chi connectivity index (χ1n) is 6.22. The van der Waals surface area contributed by atoms with Crippen LogP contribution in [-0.2, 0) is 6.54 Å². The lowest BCUT2D eigenvalue weighted by Crippen LogP contribution is -2.23. The van der Waals surface area contributed by atoms with Gasteiger partial charge in [0.05, 0.1) is 17.1 Å². The molecule has 0 saturated heterocycles. The van der Waals surface area contributed by atoms with Gasteiger partial charge in [0.25, 0.3) is 11.6 Å². The van der Waals surface area contributed by atoms with Crippen molar-refractivity contribution >= 4 is 11.6 Å². The fraction of sp³-hybridized carbons (Fsp3) is 0.214. The van der Waals surface area contributed by atoms with Crippen LogP contribution in [-0.4, -0.2) is 22.3 Å². The zero-order chi connectivity index (χ0) is 14.8. The highest BCUT2D eigenvalue weighted by atomic mass is 35.5. The predicted molar refractivity (Wildman–Crippen MR) is 74.6 cm³/mol. The normalized spacial score (nSPS) is 15.9. The summed E-state index contributed by atoms with van der Waals surface area (Å²) in [6.07, 6.45) is 1.41. The molecule has 1 aromatic heterocycles. The van der Waals surface area contributed by atoms with Crippen LogP contribution in [0.1, 0.15) is 5.56 Å². The van der Waals surface area contributed by atoms with Gasteiger partial charge in [-0.15, -0.1) is 0 Å². The Balaban J connectivity index is 1.64. The number of ether oxygens (including phenoxy) is 2. The maximum atomic E-state index is 11.1. The van der Waals surface area contributed by atoms with E-state index >= 15 is 0 Å². The van der Waals surface area contributed by atoms with Crippen LogP contribution in [0, 0.1) is 11.3 Å². The van der Waals surface area contributed by atoms with Crippen molar-refractivity contribution in [2.45, 2.75) is 12.6 Å². The maximum Gasteiger partial charge on any atom is 0.300 e. The standard InChI is InChI=1S/C14H10ClN3O3/c15-12-5-10(2-1-9(12)6-16)20-8-11-7-18-4-3-13(19)17-14(18)21-11/h1-5,11H,7-8H2. The Kier molecular flexibility index (Phi) is 3.50. The molecule has 0 fully saturated rings. The average Bonchev–Trinajstić information content (AvgIpc) is 2.87. The first-order chi connectivity index (χ1) is 10.2. The minimum atomic E-state index is -0.332. The van der Waals surface area contributed by atoms with E-state index in [1.54, 1.807) is 29.0 Å². The smallest absolute Gasteiger partial charge is 0.300 e. The third-order valence-electron chi connectivity index (χ3n) is 3.02. The number of halogens is 1. The molecule has 0 aliphatic carbocycles. The molecule has 21 heavy (non-hydrogen) atoms. The molecule has 1 aliphatic heterocycles. The van der Waals surface area contributed by atoms with E-state index in [2.05, 4.69) is 4.98 Å². The molecule has 1 aromatic carbocycles. The summed E-state index contributed by atoms with van der Waals surface area (Å²) in [6, 6.07) is 8.53. The van der Waals surface area contributed by atoms with E-state index in [0.29, 0.717) is 35.5 Å². The number of benzene rings is 1. The summed E-state index contributed by atoms with van der Waals surface area (Å²) in [5.74, 6) is 0.557. The third-order valence-corrected chi connectivity index (χ3v) is 3.33. The number of hydrogen-bond acceptors (Lipinski definition) is 5. The Hall–Kier alpha value is -2.52. The number of nitrogens with zero attached hydrogens (tertiary/aromatic N) is 3. The average molecular weight is 304 g/mol. The van der Waals surface area contributed by atoms with E-state index in [9.17, 15) is 4.79 Å². The van der Waals surface area contributed by atoms with Gasteiger partial charge in [0.15, 0.2) is 6.10 Å². The molecule has 2 heterocycles. The monoisotopic (exact) mass is 303 g/mol. The van der Waals surface area contributed by atoms with Crippen LogP contribution >= 0.6 is 11.6 Å². The lowest BCUT2D eigenvalue weighted by atomic mass is 10.2. The van der Waals surface area contributed by atoms with Crippen molar-refractivity contribution in [1.82, 2.24) is 9.55 Å². The number of rotatable bonds is 3. The Morgan fingerprint density at radius 2 is 2.38 bits per heavy atom. The molecule has 2 aromatic rings. The first kappa shape index (κ1) is 13.5. The van der Waals surface area contributed by atoms with Crippen molar-refractivity contribution in [2.75, 3.05) is 6.61 Å². The summed E-state index contributed by atoms with van der Waals surface area (Å²) in [5.41, 5.74) is 0.0676. The SMILES string of the molecule is N#Cc1ccc(OCC2Cn3ccc(=O)nc3O2)cc1Cl. The van der Waals surface area contributed by atoms with Gasteiger partial charge in [-0.1, -0.05) is 11.6 Å². The summed E-state index contributed by atoms with van der Waals surface area (Å²) in [7, 11) is 0. The van der Waals surface area contributed by atoms with Gasteiger partial charge in [0.1, 0.15) is 18.4 Å². The Morgan fingerprint density at radius 3 is 3.14 bits per heavy atom. The molecule has 6 nitrogen and oxygen atoms in total. The van der Waals surface area contributed by atoms with E-state index in [-0.39, 0.29) is 11.7 Å². The molecule has 0 bridgehead atoms. The molecular weight excluding hydrogens is 294 g/mol. The fourth-order valence-corrected chi connectivity index (χ4v) is 2.22. The fourth-order valence-electron chi connectivity index (χ4n) is 2.00. The number of hydrogen-bond donors (Lipinski definition) is 0. The zero-order valence-electron chi connectivity index (χ0n) is 10.8.